The second-order valence-corrected chi connectivity index (χ2v) is 5.82. The Morgan fingerprint density at radius 2 is 1.77 bits per heavy atom. The lowest BCUT2D eigenvalue weighted by molar-refractivity contribution is -0.274. The molecule has 2 N–H and O–H groups in total. The van der Waals surface area contributed by atoms with Gasteiger partial charge in [0.2, 0.25) is 0 Å². The van der Waals surface area contributed by atoms with E-state index in [-0.39, 0.29) is 5.75 Å². The van der Waals surface area contributed by atoms with Crippen LogP contribution in [0.1, 0.15) is 24.3 Å². The maximum absolute atomic E-state index is 12.2. The van der Waals surface area contributed by atoms with E-state index in [0.717, 1.165) is 24.2 Å². The fourth-order valence-electron chi connectivity index (χ4n) is 2.84. The van der Waals surface area contributed by atoms with Crippen molar-refractivity contribution in [3.63, 3.8) is 0 Å². The summed E-state index contributed by atoms with van der Waals surface area (Å²) < 4.78 is 51.8. The van der Waals surface area contributed by atoms with Crippen LogP contribution in [-0.4, -0.2) is 13.0 Å². The van der Waals surface area contributed by atoms with Crippen LogP contribution in [0.15, 0.2) is 54.7 Å². The van der Waals surface area contributed by atoms with Crippen molar-refractivity contribution >= 4 is 0 Å². The average molecular weight is 365 g/mol. The zero-order valence-electron chi connectivity index (χ0n) is 13.8. The minimum absolute atomic E-state index is 0.297. The van der Waals surface area contributed by atoms with E-state index < -0.39 is 6.36 Å². The van der Waals surface area contributed by atoms with Crippen molar-refractivity contribution in [3.8, 4) is 23.0 Å². The Bertz CT molecular complexity index is 773. The fraction of sp³-hybridized carbons (Fsp3) is 0.263. The molecule has 2 aromatic carbocycles. The summed E-state index contributed by atoms with van der Waals surface area (Å²) in [4.78, 5) is 0. The van der Waals surface area contributed by atoms with Crippen LogP contribution < -0.4 is 19.9 Å². The van der Waals surface area contributed by atoms with E-state index in [1.54, 1.807) is 12.3 Å². The van der Waals surface area contributed by atoms with Crippen LogP contribution in [-0.2, 0) is 0 Å². The van der Waals surface area contributed by atoms with E-state index in [1.807, 2.05) is 18.2 Å². The first-order valence-electron chi connectivity index (χ1n) is 8.12. The van der Waals surface area contributed by atoms with E-state index in [2.05, 4.69) is 4.74 Å². The summed E-state index contributed by atoms with van der Waals surface area (Å²) in [5.41, 5.74) is 6.51. The summed E-state index contributed by atoms with van der Waals surface area (Å²) in [6, 6.07) is 10.8. The van der Waals surface area contributed by atoms with Crippen molar-refractivity contribution in [3.05, 3.63) is 60.3 Å². The lowest BCUT2D eigenvalue weighted by Gasteiger charge is -2.25. The van der Waals surface area contributed by atoms with Gasteiger partial charge in [0.1, 0.15) is 23.0 Å². The fourth-order valence-corrected chi connectivity index (χ4v) is 2.84. The second-order valence-electron chi connectivity index (χ2n) is 5.82. The Labute approximate surface area is 149 Å². The molecule has 0 aliphatic carbocycles. The Kier molecular flexibility index (Phi) is 5.25. The summed E-state index contributed by atoms with van der Waals surface area (Å²) >= 11 is 0. The number of hydrogen-bond acceptors (Lipinski definition) is 4. The van der Waals surface area contributed by atoms with E-state index in [9.17, 15) is 13.2 Å². The highest BCUT2D eigenvalue weighted by atomic mass is 19.4. The standard InChI is InChI=1S/C19H18F3NO3/c20-19(21,22)26-15-5-3-14(4-6-15)25-16-7-8-17-13(2-1-10-23)9-11-24-18(17)12-16/h1,3-8,10,12-13H,2,9,11,23H2. The first kappa shape index (κ1) is 18.0. The van der Waals surface area contributed by atoms with Crippen LogP contribution in [0.25, 0.3) is 0 Å². The van der Waals surface area contributed by atoms with Crippen LogP contribution >= 0.6 is 0 Å². The Balaban J connectivity index is 1.71. The first-order chi connectivity index (χ1) is 12.4. The van der Waals surface area contributed by atoms with Crippen LogP contribution in [0.3, 0.4) is 0 Å². The number of benzene rings is 2. The van der Waals surface area contributed by atoms with E-state index in [0.29, 0.717) is 24.0 Å². The summed E-state index contributed by atoms with van der Waals surface area (Å²) in [5.74, 6) is 1.74. The second kappa shape index (κ2) is 7.59. The third-order valence-corrected chi connectivity index (χ3v) is 4.00. The van der Waals surface area contributed by atoms with Crippen molar-refractivity contribution in [2.75, 3.05) is 6.61 Å². The number of fused-ring (bicyclic) bond motifs is 1. The highest BCUT2D eigenvalue weighted by molar-refractivity contribution is 5.45. The summed E-state index contributed by atoms with van der Waals surface area (Å²) in [7, 11) is 0. The highest BCUT2D eigenvalue weighted by Gasteiger charge is 2.31. The molecule has 138 valence electrons. The number of ether oxygens (including phenoxy) is 3. The van der Waals surface area contributed by atoms with E-state index in [1.165, 1.54) is 24.3 Å². The molecule has 7 heteroatoms. The molecule has 0 aromatic heterocycles. The Morgan fingerprint density at radius 3 is 2.46 bits per heavy atom. The number of rotatable bonds is 5. The van der Waals surface area contributed by atoms with Gasteiger partial charge in [-0.05, 0) is 60.9 Å². The molecule has 0 saturated carbocycles. The molecule has 0 fully saturated rings. The maximum atomic E-state index is 12.2. The van der Waals surface area contributed by atoms with Gasteiger partial charge in [0.05, 0.1) is 6.61 Å². The molecule has 3 rings (SSSR count). The van der Waals surface area contributed by atoms with Crippen LogP contribution in [0.4, 0.5) is 13.2 Å². The molecule has 26 heavy (non-hydrogen) atoms. The van der Waals surface area contributed by atoms with Gasteiger partial charge in [-0.3, -0.25) is 0 Å². The lowest BCUT2D eigenvalue weighted by Crippen LogP contribution is -2.16. The van der Waals surface area contributed by atoms with Gasteiger partial charge >= 0.3 is 6.36 Å². The molecular weight excluding hydrogens is 347 g/mol. The monoisotopic (exact) mass is 365 g/mol. The topological polar surface area (TPSA) is 53.7 Å². The Morgan fingerprint density at radius 1 is 1.08 bits per heavy atom. The average Bonchev–Trinajstić information content (AvgIpc) is 2.60. The van der Waals surface area contributed by atoms with Crippen molar-refractivity contribution < 1.29 is 27.4 Å². The minimum atomic E-state index is -4.71. The van der Waals surface area contributed by atoms with Gasteiger partial charge in [-0.2, -0.15) is 0 Å². The smallest absolute Gasteiger partial charge is 0.493 e. The molecule has 1 unspecified atom stereocenters. The molecule has 0 saturated heterocycles. The number of alkyl halides is 3. The summed E-state index contributed by atoms with van der Waals surface area (Å²) in [6.07, 6.45) is 0.507. The lowest BCUT2D eigenvalue weighted by atomic mass is 9.90. The van der Waals surface area contributed by atoms with Crippen LogP contribution in [0.2, 0.25) is 0 Å². The zero-order valence-corrected chi connectivity index (χ0v) is 13.8. The van der Waals surface area contributed by atoms with Gasteiger partial charge in [-0.25, -0.2) is 0 Å². The van der Waals surface area contributed by atoms with Crippen LogP contribution in [0, 0.1) is 0 Å². The van der Waals surface area contributed by atoms with E-state index in [4.69, 9.17) is 15.2 Å². The number of allylic oxidation sites excluding steroid dienone is 1. The minimum Gasteiger partial charge on any atom is -0.493 e. The quantitative estimate of drug-likeness (QED) is 0.800. The molecule has 1 atom stereocenters. The molecule has 0 radical (unpaired) electrons. The van der Waals surface area contributed by atoms with Gasteiger partial charge in [0.25, 0.3) is 0 Å². The molecule has 4 nitrogen and oxygen atoms in total. The van der Waals surface area contributed by atoms with Crippen molar-refractivity contribution in [1.82, 2.24) is 0 Å². The normalized spacial score (nSPS) is 16.8. The SMILES string of the molecule is NC=CCC1CCOc2cc(Oc3ccc(OC(F)(F)F)cc3)ccc21. The van der Waals surface area contributed by atoms with Crippen molar-refractivity contribution in [1.29, 1.82) is 0 Å². The van der Waals surface area contributed by atoms with Crippen molar-refractivity contribution in [2.24, 2.45) is 5.73 Å². The molecule has 1 aliphatic rings. The summed E-state index contributed by atoms with van der Waals surface area (Å²) in [6.45, 7) is 0.614. The first-order valence-corrected chi connectivity index (χ1v) is 8.12. The highest BCUT2D eigenvalue weighted by Crippen LogP contribution is 2.39. The van der Waals surface area contributed by atoms with Gasteiger partial charge in [-0.1, -0.05) is 12.1 Å². The maximum Gasteiger partial charge on any atom is 0.573 e. The predicted molar refractivity (Wildman–Crippen MR) is 90.4 cm³/mol. The van der Waals surface area contributed by atoms with Gasteiger partial charge in [-0.15, -0.1) is 13.2 Å². The third kappa shape index (κ3) is 4.62. The number of halogens is 3. The molecule has 0 amide bonds. The van der Waals surface area contributed by atoms with Crippen LogP contribution in [0.5, 0.6) is 23.0 Å². The molecule has 0 spiro atoms. The molecule has 0 bridgehead atoms. The van der Waals surface area contributed by atoms with E-state index >= 15 is 0 Å². The van der Waals surface area contributed by atoms with Gasteiger partial charge in [0, 0.05) is 6.07 Å². The summed E-state index contributed by atoms with van der Waals surface area (Å²) in [5, 5.41) is 0. The molecular formula is C19H18F3NO3. The number of nitrogens with two attached hydrogens (primary N) is 1. The molecule has 1 aliphatic heterocycles. The molecule has 1 heterocycles. The largest absolute Gasteiger partial charge is 0.573 e. The van der Waals surface area contributed by atoms with Crippen molar-refractivity contribution in [2.45, 2.75) is 25.1 Å². The van der Waals surface area contributed by atoms with Gasteiger partial charge < -0.3 is 19.9 Å². The van der Waals surface area contributed by atoms with Gasteiger partial charge in [0.15, 0.2) is 0 Å². The third-order valence-electron chi connectivity index (χ3n) is 4.00. The zero-order chi connectivity index (χ0) is 18.6. The number of hydrogen-bond donors (Lipinski definition) is 1. The Hall–Kier alpha value is -2.83. The predicted octanol–water partition coefficient (Wildman–Crippen LogP) is 5.11. The molecule has 2 aromatic rings.